The summed E-state index contributed by atoms with van der Waals surface area (Å²) in [6.07, 6.45) is 8.30. The zero-order valence-corrected chi connectivity index (χ0v) is 16.8. The van der Waals surface area contributed by atoms with Crippen LogP contribution in [0.25, 0.3) is 11.0 Å². The average Bonchev–Trinajstić information content (AvgIpc) is 3.11. The molecule has 1 atom stereocenters. The number of piperidine rings is 1. The molecule has 1 aliphatic rings. The standard InChI is InChI=1S/C18H18BrN7O3/c19-11-6-22-16-14(15(11)26-5-1-2-10(9-26)24-18(28)29)12(8-23-16)25-17(27)13-7-20-3-4-21-13/h3-4,6-8,10,24H,1-2,5,9H2,(H,22,23)(H,25,27)(H,28,29). The van der Waals surface area contributed by atoms with Gasteiger partial charge in [-0.05, 0) is 28.8 Å². The van der Waals surface area contributed by atoms with Crippen LogP contribution in [0.15, 0.2) is 35.5 Å². The van der Waals surface area contributed by atoms with Crippen LogP contribution < -0.4 is 15.5 Å². The number of anilines is 2. The third kappa shape index (κ3) is 3.99. The van der Waals surface area contributed by atoms with Gasteiger partial charge in [-0.15, -0.1) is 0 Å². The molecular weight excluding hydrogens is 442 g/mol. The number of H-pyrrole nitrogens is 1. The van der Waals surface area contributed by atoms with Crippen LogP contribution in [0, 0.1) is 0 Å². The number of nitrogens with zero attached hydrogens (tertiary/aromatic N) is 4. The number of halogens is 1. The summed E-state index contributed by atoms with van der Waals surface area (Å²) >= 11 is 3.56. The monoisotopic (exact) mass is 459 g/mol. The maximum absolute atomic E-state index is 12.6. The summed E-state index contributed by atoms with van der Waals surface area (Å²) in [7, 11) is 0. The number of aromatic nitrogens is 4. The molecule has 150 valence electrons. The topological polar surface area (TPSA) is 136 Å². The van der Waals surface area contributed by atoms with E-state index >= 15 is 0 Å². The van der Waals surface area contributed by atoms with E-state index in [0.717, 1.165) is 34.9 Å². The Morgan fingerprint density at radius 3 is 2.90 bits per heavy atom. The number of nitrogens with one attached hydrogen (secondary N) is 3. The first-order valence-corrected chi connectivity index (χ1v) is 9.79. The number of amides is 2. The highest BCUT2D eigenvalue weighted by Crippen LogP contribution is 2.39. The zero-order valence-electron chi connectivity index (χ0n) is 15.2. The predicted octanol–water partition coefficient (Wildman–Crippen LogP) is 2.60. The van der Waals surface area contributed by atoms with Crippen molar-refractivity contribution in [2.24, 2.45) is 0 Å². The fourth-order valence-corrected chi connectivity index (χ4v) is 4.09. The Balaban J connectivity index is 1.69. The van der Waals surface area contributed by atoms with Crippen molar-refractivity contribution in [3.63, 3.8) is 0 Å². The Hall–Kier alpha value is -3.21. The molecule has 2 amide bonds. The van der Waals surface area contributed by atoms with Crippen LogP contribution in [0.2, 0.25) is 0 Å². The highest BCUT2D eigenvalue weighted by molar-refractivity contribution is 9.10. The second-order valence-corrected chi connectivity index (χ2v) is 7.51. The Morgan fingerprint density at radius 1 is 1.28 bits per heavy atom. The van der Waals surface area contributed by atoms with Gasteiger partial charge in [-0.2, -0.15) is 0 Å². The van der Waals surface area contributed by atoms with Gasteiger partial charge in [0.1, 0.15) is 11.3 Å². The number of hydrogen-bond acceptors (Lipinski definition) is 6. The first-order valence-electron chi connectivity index (χ1n) is 9.00. The number of hydrogen-bond donors (Lipinski definition) is 4. The van der Waals surface area contributed by atoms with Gasteiger partial charge in [0, 0.05) is 43.9 Å². The molecule has 10 nitrogen and oxygen atoms in total. The summed E-state index contributed by atoms with van der Waals surface area (Å²) in [6, 6.07) is -0.173. The highest BCUT2D eigenvalue weighted by Gasteiger charge is 2.26. The van der Waals surface area contributed by atoms with Gasteiger partial charge >= 0.3 is 6.09 Å². The van der Waals surface area contributed by atoms with Crippen molar-refractivity contribution in [1.82, 2.24) is 25.3 Å². The lowest BCUT2D eigenvalue weighted by Crippen LogP contribution is -2.47. The molecule has 0 radical (unpaired) electrons. The van der Waals surface area contributed by atoms with Crippen LogP contribution in [0.1, 0.15) is 23.3 Å². The third-order valence-electron chi connectivity index (χ3n) is 4.74. The molecule has 11 heteroatoms. The Morgan fingerprint density at radius 2 is 2.14 bits per heavy atom. The quantitative estimate of drug-likeness (QED) is 0.470. The summed E-state index contributed by atoms with van der Waals surface area (Å²) in [4.78, 5) is 41.1. The third-order valence-corrected chi connectivity index (χ3v) is 5.32. The van der Waals surface area contributed by atoms with Crippen molar-refractivity contribution in [3.8, 4) is 0 Å². The van der Waals surface area contributed by atoms with Crippen LogP contribution >= 0.6 is 15.9 Å². The van der Waals surface area contributed by atoms with Gasteiger partial charge in [0.25, 0.3) is 5.91 Å². The van der Waals surface area contributed by atoms with E-state index in [1.165, 1.54) is 18.6 Å². The smallest absolute Gasteiger partial charge is 0.404 e. The first-order chi connectivity index (χ1) is 14.0. The second kappa shape index (κ2) is 8.03. The number of carbonyl (C=O) groups is 2. The Kier molecular flexibility index (Phi) is 5.30. The van der Waals surface area contributed by atoms with Gasteiger partial charge in [0.2, 0.25) is 0 Å². The predicted molar refractivity (Wildman–Crippen MR) is 110 cm³/mol. The molecule has 1 fully saturated rings. The normalized spacial score (nSPS) is 16.6. The fraction of sp³-hybridized carbons (Fsp3) is 0.278. The maximum Gasteiger partial charge on any atom is 0.404 e. The molecule has 0 saturated carbocycles. The lowest BCUT2D eigenvalue weighted by molar-refractivity contribution is 0.102. The molecule has 0 spiro atoms. The van der Waals surface area contributed by atoms with Crippen LogP contribution in [-0.4, -0.2) is 56.2 Å². The largest absolute Gasteiger partial charge is 0.465 e. The minimum atomic E-state index is -1.03. The molecule has 1 aliphatic heterocycles. The highest BCUT2D eigenvalue weighted by atomic mass is 79.9. The molecule has 0 aromatic carbocycles. The average molecular weight is 460 g/mol. The minimum Gasteiger partial charge on any atom is -0.465 e. The van der Waals surface area contributed by atoms with Gasteiger partial charge in [0.05, 0.1) is 27.4 Å². The van der Waals surface area contributed by atoms with Crippen molar-refractivity contribution in [2.45, 2.75) is 18.9 Å². The second-order valence-electron chi connectivity index (χ2n) is 6.66. The van der Waals surface area contributed by atoms with Gasteiger partial charge < -0.3 is 25.6 Å². The zero-order chi connectivity index (χ0) is 20.4. The Labute approximate surface area is 173 Å². The summed E-state index contributed by atoms with van der Waals surface area (Å²) in [5.41, 5.74) is 2.23. The number of aromatic amines is 1. The lowest BCUT2D eigenvalue weighted by atomic mass is 10.0. The number of rotatable bonds is 4. The van der Waals surface area contributed by atoms with Gasteiger partial charge in [-0.3, -0.25) is 9.78 Å². The van der Waals surface area contributed by atoms with E-state index < -0.39 is 6.09 Å². The molecular formula is C18H18BrN7O3. The van der Waals surface area contributed by atoms with Crippen LogP contribution in [0.4, 0.5) is 16.2 Å². The summed E-state index contributed by atoms with van der Waals surface area (Å²) < 4.78 is 0.760. The molecule has 4 heterocycles. The molecule has 3 aromatic heterocycles. The van der Waals surface area contributed by atoms with E-state index in [1.54, 1.807) is 12.4 Å². The maximum atomic E-state index is 12.6. The molecule has 4 rings (SSSR count). The number of pyridine rings is 1. The van der Waals surface area contributed by atoms with Crippen molar-refractivity contribution in [2.75, 3.05) is 23.3 Å². The molecule has 0 bridgehead atoms. The van der Waals surface area contributed by atoms with E-state index in [0.29, 0.717) is 17.9 Å². The fourth-order valence-electron chi connectivity index (χ4n) is 3.54. The SMILES string of the molecule is O=C(O)NC1CCCN(c2c(Br)cnc3[nH]cc(NC(=O)c4cnccn4)c23)C1. The minimum absolute atomic E-state index is 0.173. The molecule has 0 aliphatic carbocycles. The van der Waals surface area contributed by atoms with E-state index in [9.17, 15) is 9.59 Å². The van der Waals surface area contributed by atoms with Crippen molar-refractivity contribution < 1.29 is 14.7 Å². The van der Waals surface area contributed by atoms with Crippen LogP contribution in [0.3, 0.4) is 0 Å². The molecule has 3 aromatic rings. The van der Waals surface area contributed by atoms with Crippen molar-refractivity contribution >= 4 is 50.3 Å². The van der Waals surface area contributed by atoms with Gasteiger partial charge in [0.15, 0.2) is 0 Å². The van der Waals surface area contributed by atoms with Crippen molar-refractivity contribution in [1.29, 1.82) is 0 Å². The van der Waals surface area contributed by atoms with E-state index in [1.807, 2.05) is 0 Å². The van der Waals surface area contributed by atoms with Crippen LogP contribution in [0.5, 0.6) is 0 Å². The number of carboxylic acid groups (broad SMARTS) is 1. The van der Waals surface area contributed by atoms with E-state index in [-0.39, 0.29) is 17.6 Å². The molecule has 1 saturated heterocycles. The molecule has 1 unspecified atom stereocenters. The summed E-state index contributed by atoms with van der Waals surface area (Å²) in [5.74, 6) is -0.381. The summed E-state index contributed by atoms with van der Waals surface area (Å²) in [5, 5.41) is 15.2. The molecule has 4 N–H and O–H groups in total. The van der Waals surface area contributed by atoms with Gasteiger partial charge in [-0.1, -0.05) is 0 Å². The first kappa shape index (κ1) is 19.1. The Bertz CT molecular complexity index is 1060. The lowest BCUT2D eigenvalue weighted by Gasteiger charge is -2.35. The summed E-state index contributed by atoms with van der Waals surface area (Å²) in [6.45, 7) is 1.28. The number of carbonyl (C=O) groups excluding carboxylic acids is 1. The van der Waals surface area contributed by atoms with E-state index in [2.05, 4.69) is 51.4 Å². The van der Waals surface area contributed by atoms with E-state index in [4.69, 9.17) is 5.11 Å². The molecule has 29 heavy (non-hydrogen) atoms. The van der Waals surface area contributed by atoms with Gasteiger partial charge in [-0.25, -0.2) is 14.8 Å². The van der Waals surface area contributed by atoms with Crippen molar-refractivity contribution in [3.05, 3.63) is 41.2 Å². The van der Waals surface area contributed by atoms with Crippen LogP contribution in [-0.2, 0) is 0 Å². The number of fused-ring (bicyclic) bond motifs is 1.